The fourth-order valence-electron chi connectivity index (χ4n) is 1.98. The summed E-state index contributed by atoms with van der Waals surface area (Å²) in [6, 6.07) is 15.9. The normalized spacial score (nSPS) is 10.9. The van der Waals surface area contributed by atoms with Crippen molar-refractivity contribution in [2.45, 2.75) is 0 Å². The van der Waals surface area contributed by atoms with Crippen LogP contribution < -0.4 is 5.43 Å². The summed E-state index contributed by atoms with van der Waals surface area (Å²) < 4.78 is 0. The average Bonchev–Trinajstić information content (AvgIpc) is 3.07. The Kier molecular flexibility index (Phi) is 4.93. The van der Waals surface area contributed by atoms with Crippen molar-refractivity contribution in [1.29, 1.82) is 0 Å². The van der Waals surface area contributed by atoms with E-state index in [9.17, 15) is 4.79 Å². The van der Waals surface area contributed by atoms with Crippen molar-refractivity contribution in [2.24, 2.45) is 5.10 Å². The van der Waals surface area contributed by atoms with E-state index in [4.69, 9.17) is 23.2 Å². The molecule has 0 aliphatic heterocycles. The molecule has 2 aromatic carbocycles. The van der Waals surface area contributed by atoms with E-state index >= 15 is 0 Å². The van der Waals surface area contributed by atoms with Gasteiger partial charge in [0.2, 0.25) is 0 Å². The molecule has 24 heavy (non-hydrogen) atoms. The summed E-state index contributed by atoms with van der Waals surface area (Å²) in [7, 11) is 0. The summed E-state index contributed by atoms with van der Waals surface area (Å²) >= 11 is 11.7. The summed E-state index contributed by atoms with van der Waals surface area (Å²) in [6.45, 7) is 0. The summed E-state index contributed by atoms with van der Waals surface area (Å²) in [5.41, 5.74) is 5.09. The highest BCUT2D eigenvalue weighted by Gasteiger charge is 2.10. The van der Waals surface area contributed by atoms with Gasteiger partial charge in [0, 0.05) is 15.6 Å². The van der Waals surface area contributed by atoms with E-state index in [-0.39, 0.29) is 5.91 Å². The Hall–Kier alpha value is -2.63. The first-order valence-corrected chi connectivity index (χ1v) is 7.78. The van der Waals surface area contributed by atoms with Gasteiger partial charge in [0.15, 0.2) is 0 Å². The molecule has 7 heteroatoms. The minimum absolute atomic E-state index is 0.313. The number of nitrogens with one attached hydrogen (secondary N) is 2. The monoisotopic (exact) mass is 358 g/mol. The van der Waals surface area contributed by atoms with Crippen molar-refractivity contribution < 1.29 is 4.79 Å². The zero-order chi connectivity index (χ0) is 16.9. The van der Waals surface area contributed by atoms with Gasteiger partial charge in [-0.05, 0) is 35.9 Å². The number of benzene rings is 2. The number of rotatable bonds is 4. The molecule has 5 nitrogen and oxygen atoms in total. The van der Waals surface area contributed by atoms with Gasteiger partial charge in [-0.1, -0.05) is 47.5 Å². The lowest BCUT2D eigenvalue weighted by Crippen LogP contribution is -2.17. The molecule has 1 aromatic heterocycles. The molecule has 120 valence electrons. The van der Waals surface area contributed by atoms with E-state index in [2.05, 4.69) is 20.7 Å². The molecule has 3 rings (SSSR count). The van der Waals surface area contributed by atoms with E-state index in [1.165, 1.54) is 6.21 Å². The number of halogens is 2. The number of H-pyrrole nitrogens is 1. The van der Waals surface area contributed by atoms with Gasteiger partial charge in [-0.2, -0.15) is 10.2 Å². The van der Waals surface area contributed by atoms with Crippen LogP contribution in [-0.2, 0) is 0 Å². The molecular formula is C17H12Cl2N4O. The van der Waals surface area contributed by atoms with Crippen LogP contribution in [-0.4, -0.2) is 22.3 Å². The van der Waals surface area contributed by atoms with Gasteiger partial charge in [-0.15, -0.1) is 0 Å². The smallest absolute Gasteiger partial charge is 0.272 e. The van der Waals surface area contributed by atoms with E-state index < -0.39 is 0 Å². The summed E-state index contributed by atoms with van der Waals surface area (Å²) in [4.78, 5) is 12.0. The lowest BCUT2D eigenvalue weighted by Gasteiger charge is -1.96. The molecule has 1 heterocycles. The zero-order valence-corrected chi connectivity index (χ0v) is 13.8. The number of aromatic nitrogens is 2. The minimum atomic E-state index is -0.382. The van der Waals surface area contributed by atoms with Crippen molar-refractivity contribution in [3.63, 3.8) is 0 Å². The van der Waals surface area contributed by atoms with Crippen LogP contribution in [0.5, 0.6) is 0 Å². The quantitative estimate of drug-likeness (QED) is 0.543. The number of carbonyl (C=O) groups is 1. The SMILES string of the molecule is O=C(N/N=C/c1ccc(Cl)cc1)c1cc(-c2ccc(Cl)cc2)n[nH]1. The maximum absolute atomic E-state index is 12.0. The molecule has 0 aliphatic rings. The Morgan fingerprint density at radius 3 is 2.33 bits per heavy atom. The lowest BCUT2D eigenvalue weighted by atomic mass is 10.1. The molecule has 2 N–H and O–H groups in total. The molecule has 3 aromatic rings. The van der Waals surface area contributed by atoms with Gasteiger partial charge < -0.3 is 0 Å². The zero-order valence-electron chi connectivity index (χ0n) is 12.3. The van der Waals surface area contributed by atoms with Gasteiger partial charge in [0.1, 0.15) is 5.69 Å². The van der Waals surface area contributed by atoms with Gasteiger partial charge in [-0.25, -0.2) is 5.43 Å². The number of aromatic amines is 1. The fourth-order valence-corrected chi connectivity index (χ4v) is 2.23. The number of carbonyl (C=O) groups excluding carboxylic acids is 1. The number of nitrogens with zero attached hydrogens (tertiary/aromatic N) is 2. The van der Waals surface area contributed by atoms with Crippen molar-refractivity contribution in [1.82, 2.24) is 15.6 Å². The molecule has 0 bridgehead atoms. The van der Waals surface area contributed by atoms with Crippen molar-refractivity contribution >= 4 is 35.3 Å². The average molecular weight is 359 g/mol. The van der Waals surface area contributed by atoms with Crippen LogP contribution in [0, 0.1) is 0 Å². The lowest BCUT2D eigenvalue weighted by molar-refractivity contribution is 0.0950. The third-order valence-corrected chi connectivity index (χ3v) is 3.72. The topological polar surface area (TPSA) is 70.1 Å². The highest BCUT2D eigenvalue weighted by molar-refractivity contribution is 6.30. The van der Waals surface area contributed by atoms with Crippen molar-refractivity contribution in [2.75, 3.05) is 0 Å². The summed E-state index contributed by atoms with van der Waals surface area (Å²) in [6.07, 6.45) is 1.53. The maximum Gasteiger partial charge on any atom is 0.289 e. The minimum Gasteiger partial charge on any atom is -0.272 e. The molecule has 1 amide bonds. The third-order valence-electron chi connectivity index (χ3n) is 3.21. The van der Waals surface area contributed by atoms with Crippen LogP contribution in [0.4, 0.5) is 0 Å². The molecule has 0 saturated carbocycles. The van der Waals surface area contributed by atoms with E-state index in [1.807, 2.05) is 12.1 Å². The predicted octanol–water partition coefficient (Wildman–Crippen LogP) is 4.15. The van der Waals surface area contributed by atoms with E-state index in [1.54, 1.807) is 42.5 Å². The molecule has 0 unspecified atom stereocenters. The number of hydrogen-bond donors (Lipinski definition) is 2. The van der Waals surface area contributed by atoms with E-state index in [0.29, 0.717) is 21.4 Å². The van der Waals surface area contributed by atoms with Crippen LogP contribution in [0.25, 0.3) is 11.3 Å². The molecule has 0 atom stereocenters. The van der Waals surface area contributed by atoms with Gasteiger partial charge in [0.05, 0.1) is 11.9 Å². The third kappa shape index (κ3) is 4.01. The molecule has 0 radical (unpaired) electrons. The predicted molar refractivity (Wildman–Crippen MR) is 95.5 cm³/mol. The van der Waals surface area contributed by atoms with Crippen LogP contribution in [0.15, 0.2) is 59.7 Å². The van der Waals surface area contributed by atoms with Gasteiger partial charge in [-0.3, -0.25) is 9.89 Å². The number of hydrazone groups is 1. The Morgan fingerprint density at radius 2 is 1.67 bits per heavy atom. The van der Waals surface area contributed by atoms with Crippen LogP contribution in [0.1, 0.15) is 16.1 Å². The summed E-state index contributed by atoms with van der Waals surface area (Å²) in [5.74, 6) is -0.382. The number of amides is 1. The number of hydrogen-bond acceptors (Lipinski definition) is 3. The highest BCUT2D eigenvalue weighted by atomic mass is 35.5. The van der Waals surface area contributed by atoms with Gasteiger partial charge >= 0.3 is 0 Å². The van der Waals surface area contributed by atoms with Crippen LogP contribution in [0.3, 0.4) is 0 Å². The molecule has 0 saturated heterocycles. The Labute approximate surface area is 148 Å². The second-order valence-electron chi connectivity index (χ2n) is 4.92. The highest BCUT2D eigenvalue weighted by Crippen LogP contribution is 2.20. The molecule has 0 spiro atoms. The first-order chi connectivity index (χ1) is 11.6. The maximum atomic E-state index is 12.0. The Morgan fingerprint density at radius 1 is 1.04 bits per heavy atom. The first kappa shape index (κ1) is 16.2. The second-order valence-corrected chi connectivity index (χ2v) is 5.80. The standard InChI is InChI=1S/C17H12Cl2N4O/c18-13-5-1-11(2-6-13)10-20-23-17(24)16-9-15(21-22-16)12-3-7-14(19)8-4-12/h1-10H,(H,21,22)(H,23,24)/b20-10+. The van der Waals surface area contributed by atoms with Crippen LogP contribution >= 0.6 is 23.2 Å². The Balaban J connectivity index is 1.65. The van der Waals surface area contributed by atoms with Crippen LogP contribution in [0.2, 0.25) is 10.0 Å². The second kappa shape index (κ2) is 7.29. The molecular weight excluding hydrogens is 347 g/mol. The Bertz CT molecular complexity index is 870. The fraction of sp³-hybridized carbons (Fsp3) is 0. The molecule has 0 aliphatic carbocycles. The van der Waals surface area contributed by atoms with Gasteiger partial charge in [0.25, 0.3) is 5.91 Å². The first-order valence-electron chi connectivity index (χ1n) is 7.02. The van der Waals surface area contributed by atoms with Crippen molar-refractivity contribution in [3.8, 4) is 11.3 Å². The van der Waals surface area contributed by atoms with E-state index in [0.717, 1.165) is 11.1 Å². The summed E-state index contributed by atoms with van der Waals surface area (Å²) in [5, 5.41) is 12.0. The largest absolute Gasteiger partial charge is 0.289 e. The van der Waals surface area contributed by atoms with Crippen molar-refractivity contribution in [3.05, 3.63) is 75.9 Å². The molecule has 0 fully saturated rings.